The van der Waals surface area contributed by atoms with E-state index in [-0.39, 0.29) is 9.79 Å². The Bertz CT molecular complexity index is 1180. The number of benzene rings is 2. The number of rotatable bonds is 8. The van der Waals surface area contributed by atoms with Crippen LogP contribution < -0.4 is 0 Å². The Morgan fingerprint density at radius 2 is 1.54 bits per heavy atom. The Morgan fingerprint density at radius 3 is 2.18 bits per heavy atom. The van der Waals surface area contributed by atoms with Crippen LogP contribution in [0.2, 0.25) is 0 Å². The van der Waals surface area contributed by atoms with Crippen molar-refractivity contribution in [1.82, 2.24) is 3.97 Å². The van der Waals surface area contributed by atoms with Gasteiger partial charge in [-0.2, -0.15) is 0 Å². The Hall–Kier alpha value is -2.12. The summed E-state index contributed by atoms with van der Waals surface area (Å²) >= 11 is 0. The van der Waals surface area contributed by atoms with Gasteiger partial charge in [-0.3, -0.25) is 0 Å². The zero-order valence-corrected chi connectivity index (χ0v) is 17.8. The highest BCUT2D eigenvalue weighted by Crippen LogP contribution is 2.29. The molecule has 0 N–H and O–H groups in total. The molecule has 0 spiro atoms. The van der Waals surface area contributed by atoms with Gasteiger partial charge >= 0.3 is 0 Å². The molecule has 0 bridgehead atoms. The largest absolute Gasteiger partial charge is 0.268 e. The normalized spacial score (nSPS) is 12.5. The summed E-state index contributed by atoms with van der Waals surface area (Å²) in [6, 6.07) is 14.7. The highest BCUT2D eigenvalue weighted by molar-refractivity contribution is 7.90. The summed E-state index contributed by atoms with van der Waals surface area (Å²) in [6.45, 7) is 2.13. The molecule has 3 rings (SSSR count). The van der Waals surface area contributed by atoms with Gasteiger partial charge in [0.05, 0.1) is 15.3 Å². The van der Waals surface area contributed by atoms with Gasteiger partial charge in [0.2, 0.25) is 0 Å². The molecule has 0 saturated carbocycles. The molecule has 0 radical (unpaired) electrons. The van der Waals surface area contributed by atoms with Gasteiger partial charge in [-0.1, -0.05) is 44.4 Å². The van der Waals surface area contributed by atoms with E-state index in [2.05, 4.69) is 6.92 Å². The molecule has 3 aromatic rings. The standard InChI is InChI=1S/C21H25NO4S2/c1-3-4-5-7-10-18-15-17-16-20(27(2,23)24)13-14-21(17)22(18)28(25,26)19-11-8-6-9-12-19/h6,8-9,11-16H,3-5,7,10H2,1-2H3. The van der Waals surface area contributed by atoms with Gasteiger partial charge in [0, 0.05) is 17.3 Å². The summed E-state index contributed by atoms with van der Waals surface area (Å²) in [5.41, 5.74) is 1.18. The molecule has 150 valence electrons. The quantitative estimate of drug-likeness (QED) is 0.507. The van der Waals surface area contributed by atoms with E-state index in [1.165, 1.54) is 10.0 Å². The van der Waals surface area contributed by atoms with Gasteiger partial charge in [-0.15, -0.1) is 0 Å². The lowest BCUT2D eigenvalue weighted by molar-refractivity contribution is 0.584. The molecule has 0 saturated heterocycles. The number of unbranched alkanes of at least 4 members (excludes halogenated alkanes) is 3. The minimum Gasteiger partial charge on any atom is -0.238 e. The first-order valence-corrected chi connectivity index (χ1v) is 12.7. The van der Waals surface area contributed by atoms with Crippen LogP contribution in [0.25, 0.3) is 10.9 Å². The summed E-state index contributed by atoms with van der Waals surface area (Å²) in [5.74, 6) is 0. The Labute approximate surface area is 167 Å². The monoisotopic (exact) mass is 419 g/mol. The van der Waals surface area contributed by atoms with Crippen LogP contribution >= 0.6 is 0 Å². The second-order valence-corrected chi connectivity index (χ2v) is 10.8. The van der Waals surface area contributed by atoms with Gasteiger partial charge in [0.15, 0.2) is 9.84 Å². The predicted molar refractivity (Wildman–Crippen MR) is 112 cm³/mol. The summed E-state index contributed by atoms with van der Waals surface area (Å²) < 4.78 is 51.9. The van der Waals surface area contributed by atoms with E-state index in [1.807, 2.05) is 0 Å². The minimum absolute atomic E-state index is 0.187. The molecule has 7 heteroatoms. The highest BCUT2D eigenvalue weighted by atomic mass is 32.2. The zero-order valence-electron chi connectivity index (χ0n) is 16.1. The molecular formula is C21H25NO4S2. The maximum Gasteiger partial charge on any atom is 0.268 e. The average molecular weight is 420 g/mol. The van der Waals surface area contributed by atoms with Gasteiger partial charge in [-0.25, -0.2) is 20.8 Å². The molecule has 0 aliphatic heterocycles. The fourth-order valence-electron chi connectivity index (χ4n) is 3.34. The van der Waals surface area contributed by atoms with E-state index in [0.29, 0.717) is 23.0 Å². The number of hydrogen-bond donors (Lipinski definition) is 0. The van der Waals surface area contributed by atoms with Crippen molar-refractivity contribution in [3.05, 3.63) is 60.3 Å². The van der Waals surface area contributed by atoms with Crippen molar-refractivity contribution in [2.75, 3.05) is 6.26 Å². The van der Waals surface area contributed by atoms with Crippen molar-refractivity contribution < 1.29 is 16.8 Å². The molecule has 0 aliphatic carbocycles. The van der Waals surface area contributed by atoms with Crippen molar-refractivity contribution in [3.8, 4) is 0 Å². The molecule has 1 aromatic heterocycles. The number of fused-ring (bicyclic) bond motifs is 1. The summed E-state index contributed by atoms with van der Waals surface area (Å²) in [5, 5.41) is 0.618. The third-order valence-corrected chi connectivity index (χ3v) is 7.69. The molecule has 0 unspecified atom stereocenters. The van der Waals surface area contributed by atoms with Crippen LogP contribution in [0.4, 0.5) is 0 Å². The van der Waals surface area contributed by atoms with E-state index in [1.54, 1.807) is 48.5 Å². The van der Waals surface area contributed by atoms with E-state index < -0.39 is 19.9 Å². The molecule has 1 heterocycles. The first kappa shape index (κ1) is 20.6. The van der Waals surface area contributed by atoms with Crippen LogP contribution in [0.5, 0.6) is 0 Å². The van der Waals surface area contributed by atoms with Crippen LogP contribution in [0.15, 0.2) is 64.4 Å². The third kappa shape index (κ3) is 4.15. The fraction of sp³-hybridized carbons (Fsp3) is 0.333. The van der Waals surface area contributed by atoms with Crippen LogP contribution in [0, 0.1) is 0 Å². The van der Waals surface area contributed by atoms with E-state index in [4.69, 9.17) is 0 Å². The average Bonchev–Trinajstić information content (AvgIpc) is 3.03. The lowest BCUT2D eigenvalue weighted by Gasteiger charge is -2.12. The predicted octanol–water partition coefficient (Wildman–Crippen LogP) is 4.40. The molecule has 5 nitrogen and oxygen atoms in total. The SMILES string of the molecule is CCCCCCc1cc2cc(S(C)(=O)=O)ccc2n1S(=O)(=O)c1ccccc1. The molecule has 0 aliphatic rings. The van der Waals surface area contributed by atoms with E-state index in [0.717, 1.165) is 31.9 Å². The van der Waals surface area contributed by atoms with Crippen molar-refractivity contribution in [1.29, 1.82) is 0 Å². The lowest BCUT2D eigenvalue weighted by atomic mass is 10.1. The maximum atomic E-state index is 13.3. The number of aryl methyl sites for hydroxylation is 1. The Kier molecular flexibility index (Phi) is 5.95. The summed E-state index contributed by atoms with van der Waals surface area (Å²) in [4.78, 5) is 0.404. The summed E-state index contributed by atoms with van der Waals surface area (Å²) in [6.07, 6.45) is 5.88. The molecule has 0 atom stereocenters. The molecule has 2 aromatic carbocycles. The summed E-state index contributed by atoms with van der Waals surface area (Å²) in [7, 11) is -7.15. The number of hydrogen-bond acceptors (Lipinski definition) is 4. The second kappa shape index (κ2) is 8.09. The van der Waals surface area contributed by atoms with Crippen LogP contribution in [-0.4, -0.2) is 27.1 Å². The molecule has 28 heavy (non-hydrogen) atoms. The van der Waals surface area contributed by atoms with Crippen molar-refractivity contribution in [2.24, 2.45) is 0 Å². The van der Waals surface area contributed by atoms with Gasteiger partial charge < -0.3 is 0 Å². The van der Waals surface area contributed by atoms with Gasteiger partial charge in [0.1, 0.15) is 0 Å². The minimum atomic E-state index is -3.78. The van der Waals surface area contributed by atoms with Crippen LogP contribution in [-0.2, 0) is 26.3 Å². The topological polar surface area (TPSA) is 73.2 Å². The molecular weight excluding hydrogens is 394 g/mol. The van der Waals surface area contributed by atoms with E-state index >= 15 is 0 Å². The molecule has 0 fully saturated rings. The zero-order chi connectivity index (χ0) is 20.4. The Balaban J connectivity index is 2.17. The van der Waals surface area contributed by atoms with Gasteiger partial charge in [-0.05, 0) is 49.2 Å². The first-order chi connectivity index (χ1) is 13.2. The van der Waals surface area contributed by atoms with E-state index in [9.17, 15) is 16.8 Å². The van der Waals surface area contributed by atoms with Crippen molar-refractivity contribution in [3.63, 3.8) is 0 Å². The highest BCUT2D eigenvalue weighted by Gasteiger charge is 2.23. The fourth-order valence-corrected chi connectivity index (χ4v) is 5.59. The maximum absolute atomic E-state index is 13.3. The number of aromatic nitrogens is 1. The first-order valence-electron chi connectivity index (χ1n) is 9.40. The number of nitrogens with zero attached hydrogens (tertiary/aromatic N) is 1. The Morgan fingerprint density at radius 1 is 0.821 bits per heavy atom. The van der Waals surface area contributed by atoms with Crippen molar-refractivity contribution >= 4 is 30.8 Å². The second-order valence-electron chi connectivity index (χ2n) is 7.02. The van der Waals surface area contributed by atoms with Crippen LogP contribution in [0.3, 0.4) is 0 Å². The van der Waals surface area contributed by atoms with Crippen molar-refractivity contribution in [2.45, 2.75) is 48.8 Å². The van der Waals surface area contributed by atoms with Crippen LogP contribution in [0.1, 0.15) is 38.3 Å². The molecule has 0 amide bonds. The number of sulfone groups is 1. The smallest absolute Gasteiger partial charge is 0.238 e. The van der Waals surface area contributed by atoms with Gasteiger partial charge in [0.25, 0.3) is 10.0 Å². The lowest BCUT2D eigenvalue weighted by Crippen LogP contribution is -2.15. The third-order valence-electron chi connectivity index (χ3n) is 4.80.